The standard InChI is InChI=1S/C25H27ClFN7/c1-14-10-34(19-7-5-18(27)6-8-19)24-21(14)23(26)31-25(32-24)30-22-16-3-4-17(22)12-33(11-16)20-9-15(2)28-13-29-20/h5-9,13-14,16-17,22H,3-4,10-12H2,1-2H3,(H,30,31,32)/t14-,16-,17+,22?/m1/s1. The Morgan fingerprint density at radius 2 is 1.76 bits per heavy atom. The molecule has 1 aliphatic carbocycles. The molecule has 7 nitrogen and oxygen atoms in total. The number of nitrogens with zero attached hydrogens (tertiary/aromatic N) is 6. The quantitative estimate of drug-likeness (QED) is 0.531. The SMILES string of the molecule is Cc1cc(N2C[C@H]3CC[C@@H](C2)C3Nc2nc(Cl)c3c(n2)N(c2ccc(F)cc2)C[C@H]3C)ncn1. The molecule has 6 rings (SSSR count). The van der Waals surface area contributed by atoms with Crippen molar-refractivity contribution in [2.45, 2.75) is 38.6 Å². The first-order valence-electron chi connectivity index (χ1n) is 11.9. The van der Waals surface area contributed by atoms with E-state index in [4.69, 9.17) is 16.6 Å². The minimum absolute atomic E-state index is 0.192. The fraction of sp³-hybridized carbons (Fsp3) is 0.440. The number of aryl methyl sites for hydroxylation is 1. The van der Waals surface area contributed by atoms with Gasteiger partial charge in [-0.3, -0.25) is 0 Å². The molecule has 2 aliphatic heterocycles. The van der Waals surface area contributed by atoms with Crippen molar-refractivity contribution in [2.24, 2.45) is 11.8 Å². The predicted molar refractivity (Wildman–Crippen MR) is 131 cm³/mol. The van der Waals surface area contributed by atoms with Gasteiger partial charge in [-0.2, -0.15) is 4.98 Å². The summed E-state index contributed by atoms with van der Waals surface area (Å²) in [5, 5.41) is 4.13. The van der Waals surface area contributed by atoms with Crippen LogP contribution in [0.5, 0.6) is 0 Å². The molecule has 0 spiro atoms. The second kappa shape index (κ2) is 8.34. The molecule has 2 aromatic heterocycles. The highest BCUT2D eigenvalue weighted by Crippen LogP contribution is 2.44. The smallest absolute Gasteiger partial charge is 0.226 e. The van der Waals surface area contributed by atoms with E-state index >= 15 is 0 Å². The maximum atomic E-state index is 13.5. The van der Waals surface area contributed by atoms with Crippen molar-refractivity contribution in [3.05, 3.63) is 58.9 Å². The fourth-order valence-electron chi connectivity index (χ4n) is 5.83. The van der Waals surface area contributed by atoms with E-state index in [9.17, 15) is 4.39 Å². The van der Waals surface area contributed by atoms with Gasteiger partial charge in [-0.25, -0.2) is 19.3 Å². The molecule has 176 valence electrons. The van der Waals surface area contributed by atoms with E-state index in [2.05, 4.69) is 43.1 Å². The summed E-state index contributed by atoms with van der Waals surface area (Å²) < 4.78 is 13.5. The number of hydrogen-bond acceptors (Lipinski definition) is 7. The molecule has 4 heterocycles. The van der Waals surface area contributed by atoms with Crippen LogP contribution in [0.25, 0.3) is 0 Å². The first-order valence-corrected chi connectivity index (χ1v) is 12.2. The number of halogens is 2. The Hall–Kier alpha value is -3.00. The molecule has 3 aromatic rings. The first kappa shape index (κ1) is 21.5. The van der Waals surface area contributed by atoms with Crippen LogP contribution in [0, 0.1) is 24.6 Å². The Labute approximate surface area is 203 Å². The van der Waals surface area contributed by atoms with Crippen molar-refractivity contribution in [2.75, 3.05) is 34.8 Å². The van der Waals surface area contributed by atoms with Crippen molar-refractivity contribution < 1.29 is 4.39 Å². The highest BCUT2D eigenvalue weighted by Gasteiger charge is 2.43. The van der Waals surface area contributed by atoms with Crippen molar-refractivity contribution in [3.63, 3.8) is 0 Å². The average molecular weight is 480 g/mol. The van der Waals surface area contributed by atoms with Gasteiger partial charge in [0.25, 0.3) is 0 Å². The highest BCUT2D eigenvalue weighted by atomic mass is 35.5. The average Bonchev–Trinajstić information content (AvgIpc) is 3.25. The summed E-state index contributed by atoms with van der Waals surface area (Å²) in [5.74, 6) is 3.29. The number of benzene rings is 1. The van der Waals surface area contributed by atoms with Crippen LogP contribution in [0.15, 0.2) is 36.7 Å². The molecule has 1 aromatic carbocycles. The normalized spacial score (nSPS) is 25.5. The summed E-state index contributed by atoms with van der Waals surface area (Å²) in [6.45, 7) is 6.75. The molecule has 0 amide bonds. The maximum Gasteiger partial charge on any atom is 0.226 e. The predicted octanol–water partition coefficient (Wildman–Crippen LogP) is 4.95. The van der Waals surface area contributed by atoms with E-state index in [1.807, 2.05) is 6.92 Å². The van der Waals surface area contributed by atoms with E-state index in [-0.39, 0.29) is 11.7 Å². The van der Waals surface area contributed by atoms with Crippen molar-refractivity contribution in [1.82, 2.24) is 19.9 Å². The third-order valence-corrected chi connectivity index (χ3v) is 7.75. The Balaban J connectivity index is 1.25. The van der Waals surface area contributed by atoms with E-state index < -0.39 is 0 Å². The van der Waals surface area contributed by atoms with Crippen LogP contribution in [0.2, 0.25) is 5.15 Å². The van der Waals surface area contributed by atoms with Gasteiger partial charge in [0, 0.05) is 54.6 Å². The number of aromatic nitrogens is 4. The van der Waals surface area contributed by atoms with Gasteiger partial charge >= 0.3 is 0 Å². The van der Waals surface area contributed by atoms with E-state index in [1.54, 1.807) is 18.5 Å². The topological polar surface area (TPSA) is 70.1 Å². The number of rotatable bonds is 4. The van der Waals surface area contributed by atoms with Gasteiger partial charge in [-0.15, -0.1) is 0 Å². The van der Waals surface area contributed by atoms with Crippen molar-refractivity contribution >= 4 is 34.9 Å². The third-order valence-electron chi connectivity index (χ3n) is 7.47. The van der Waals surface area contributed by atoms with Gasteiger partial charge in [-0.05, 0) is 55.9 Å². The van der Waals surface area contributed by atoms with Gasteiger partial charge in [0.1, 0.15) is 28.9 Å². The maximum absolute atomic E-state index is 13.5. The summed E-state index contributed by atoms with van der Waals surface area (Å²) in [5.41, 5.74) is 2.84. The Morgan fingerprint density at radius 1 is 1.03 bits per heavy atom. The molecule has 1 saturated heterocycles. The third kappa shape index (κ3) is 3.74. The summed E-state index contributed by atoms with van der Waals surface area (Å²) in [6, 6.07) is 8.87. The first-order chi connectivity index (χ1) is 16.5. The van der Waals surface area contributed by atoms with Crippen molar-refractivity contribution in [1.29, 1.82) is 0 Å². The molecule has 1 saturated carbocycles. The van der Waals surface area contributed by atoms with Crippen LogP contribution in [0.4, 0.5) is 27.7 Å². The van der Waals surface area contributed by atoms with Gasteiger partial charge < -0.3 is 15.1 Å². The largest absolute Gasteiger partial charge is 0.356 e. The lowest BCUT2D eigenvalue weighted by atomic mass is 9.92. The van der Waals surface area contributed by atoms with Gasteiger partial charge in [-0.1, -0.05) is 18.5 Å². The molecule has 34 heavy (non-hydrogen) atoms. The highest BCUT2D eigenvalue weighted by molar-refractivity contribution is 6.30. The minimum Gasteiger partial charge on any atom is -0.356 e. The number of hydrogen-bond donors (Lipinski definition) is 1. The molecule has 9 heteroatoms. The molecule has 1 unspecified atom stereocenters. The van der Waals surface area contributed by atoms with Gasteiger partial charge in [0.05, 0.1) is 0 Å². The van der Waals surface area contributed by atoms with Crippen LogP contribution < -0.4 is 15.1 Å². The second-order valence-corrected chi connectivity index (χ2v) is 10.1. The van der Waals surface area contributed by atoms with E-state index in [0.29, 0.717) is 29.0 Å². The summed E-state index contributed by atoms with van der Waals surface area (Å²) in [6.07, 6.45) is 3.98. The van der Waals surface area contributed by atoms with Gasteiger partial charge in [0.15, 0.2) is 0 Å². The van der Waals surface area contributed by atoms with E-state index in [0.717, 1.165) is 48.2 Å². The van der Waals surface area contributed by atoms with Crippen molar-refractivity contribution in [3.8, 4) is 0 Å². The number of piperidine rings is 1. The number of anilines is 4. The summed E-state index contributed by atoms with van der Waals surface area (Å²) >= 11 is 6.67. The molecule has 2 bridgehead atoms. The molecule has 3 aliphatic rings. The zero-order valence-electron chi connectivity index (χ0n) is 19.2. The molecule has 1 N–H and O–H groups in total. The lowest BCUT2D eigenvalue weighted by Crippen LogP contribution is -2.48. The van der Waals surface area contributed by atoms with Crippen LogP contribution in [-0.2, 0) is 0 Å². The molecule has 0 radical (unpaired) electrons. The van der Waals surface area contributed by atoms with Gasteiger partial charge in [0.2, 0.25) is 5.95 Å². The molecule has 4 atom stereocenters. The lowest BCUT2D eigenvalue weighted by molar-refractivity contribution is 0.374. The van der Waals surface area contributed by atoms with Crippen LogP contribution in [0.1, 0.15) is 36.9 Å². The zero-order valence-corrected chi connectivity index (χ0v) is 20.0. The van der Waals surface area contributed by atoms with E-state index in [1.165, 1.54) is 25.0 Å². The molecular formula is C25H27ClFN7. The Bertz CT molecular complexity index is 1210. The summed E-state index contributed by atoms with van der Waals surface area (Å²) in [4.78, 5) is 22.8. The lowest BCUT2D eigenvalue weighted by Gasteiger charge is -2.39. The molecule has 2 fully saturated rings. The molecular weight excluding hydrogens is 453 g/mol. The second-order valence-electron chi connectivity index (χ2n) is 9.75. The summed E-state index contributed by atoms with van der Waals surface area (Å²) in [7, 11) is 0. The fourth-order valence-corrected chi connectivity index (χ4v) is 6.18. The van der Waals surface area contributed by atoms with Crippen LogP contribution >= 0.6 is 11.6 Å². The monoisotopic (exact) mass is 479 g/mol. The Morgan fingerprint density at radius 3 is 2.47 bits per heavy atom. The Kier molecular flexibility index (Phi) is 5.28. The van der Waals surface area contributed by atoms with Crippen LogP contribution in [-0.4, -0.2) is 45.6 Å². The zero-order chi connectivity index (χ0) is 23.4. The number of fused-ring (bicyclic) bond motifs is 3. The van der Waals surface area contributed by atoms with Crippen LogP contribution in [0.3, 0.4) is 0 Å². The number of nitrogens with one attached hydrogen (secondary N) is 1. The minimum atomic E-state index is -0.252.